The Balaban J connectivity index is 1.77. The van der Waals surface area contributed by atoms with Crippen LogP contribution >= 0.6 is 0 Å². The first kappa shape index (κ1) is 14.9. The second-order valence-corrected chi connectivity index (χ2v) is 5.11. The van der Waals surface area contributed by atoms with Gasteiger partial charge in [-0.25, -0.2) is 4.39 Å². The van der Waals surface area contributed by atoms with Crippen molar-refractivity contribution in [2.45, 2.75) is 6.54 Å². The average molecular weight is 306 g/mol. The van der Waals surface area contributed by atoms with Crippen LogP contribution in [0.1, 0.15) is 15.9 Å². The van der Waals surface area contributed by atoms with Crippen LogP contribution < -0.4 is 5.32 Å². The number of benzene rings is 2. The van der Waals surface area contributed by atoms with Crippen LogP contribution in [0, 0.1) is 5.82 Å². The third-order valence-corrected chi connectivity index (χ3v) is 3.48. The van der Waals surface area contributed by atoms with Gasteiger partial charge in [-0.1, -0.05) is 48.5 Å². The van der Waals surface area contributed by atoms with Crippen LogP contribution in [0.2, 0.25) is 0 Å². The molecule has 0 fully saturated rings. The highest BCUT2D eigenvalue weighted by atomic mass is 19.1. The zero-order chi connectivity index (χ0) is 16.1. The summed E-state index contributed by atoms with van der Waals surface area (Å²) < 4.78 is 13.8. The van der Waals surface area contributed by atoms with E-state index >= 15 is 0 Å². The average Bonchev–Trinajstić information content (AvgIpc) is 2.61. The lowest BCUT2D eigenvalue weighted by molar-refractivity contribution is 0.0950. The molecule has 1 N–H and O–H groups in total. The summed E-state index contributed by atoms with van der Waals surface area (Å²) in [4.78, 5) is 16.3. The molecule has 1 amide bonds. The number of halogens is 1. The van der Waals surface area contributed by atoms with Crippen molar-refractivity contribution in [2.75, 3.05) is 0 Å². The molecule has 4 heteroatoms. The Morgan fingerprint density at radius 2 is 1.74 bits per heavy atom. The number of rotatable bonds is 4. The number of hydrogen-bond donors (Lipinski definition) is 1. The highest BCUT2D eigenvalue weighted by molar-refractivity contribution is 5.95. The van der Waals surface area contributed by atoms with Crippen LogP contribution in [0.3, 0.4) is 0 Å². The lowest BCUT2D eigenvalue weighted by Crippen LogP contribution is -2.22. The summed E-state index contributed by atoms with van der Waals surface area (Å²) in [5, 5.41) is 2.84. The predicted molar refractivity (Wildman–Crippen MR) is 87.2 cm³/mol. The van der Waals surface area contributed by atoms with E-state index < -0.39 is 0 Å². The van der Waals surface area contributed by atoms with Gasteiger partial charge >= 0.3 is 0 Å². The third-order valence-electron chi connectivity index (χ3n) is 3.48. The molecule has 0 aliphatic rings. The van der Waals surface area contributed by atoms with Crippen molar-refractivity contribution in [3.8, 4) is 11.1 Å². The number of nitrogens with one attached hydrogen (secondary N) is 1. The van der Waals surface area contributed by atoms with E-state index in [-0.39, 0.29) is 11.7 Å². The van der Waals surface area contributed by atoms with Gasteiger partial charge in [0.1, 0.15) is 5.82 Å². The summed E-state index contributed by atoms with van der Waals surface area (Å²) in [5.41, 5.74) is 2.42. The Hall–Kier alpha value is -3.01. The lowest BCUT2D eigenvalue weighted by Gasteiger charge is -2.07. The number of carbonyl (C=O) groups excluding carboxylic acids is 1. The van der Waals surface area contributed by atoms with Gasteiger partial charge in [0.05, 0.1) is 5.56 Å². The number of pyridine rings is 1. The Bertz CT molecular complexity index is 818. The minimum atomic E-state index is -0.337. The van der Waals surface area contributed by atoms with Gasteiger partial charge in [-0.05, 0) is 17.7 Å². The van der Waals surface area contributed by atoms with Gasteiger partial charge in [-0.3, -0.25) is 9.78 Å². The zero-order valence-electron chi connectivity index (χ0n) is 12.4. The summed E-state index contributed by atoms with van der Waals surface area (Å²) in [6.07, 6.45) is 3.02. The van der Waals surface area contributed by atoms with Gasteiger partial charge in [0.25, 0.3) is 5.91 Å². The van der Waals surface area contributed by atoms with Gasteiger partial charge in [0.2, 0.25) is 0 Å². The molecule has 0 radical (unpaired) electrons. The molecule has 1 heterocycles. The molecule has 0 aliphatic carbocycles. The molecule has 0 atom stereocenters. The topological polar surface area (TPSA) is 42.0 Å². The van der Waals surface area contributed by atoms with E-state index in [1.54, 1.807) is 30.5 Å². The van der Waals surface area contributed by atoms with Crippen LogP contribution in [0.4, 0.5) is 4.39 Å². The highest BCUT2D eigenvalue weighted by Gasteiger charge is 2.10. The van der Waals surface area contributed by atoms with Crippen molar-refractivity contribution >= 4 is 5.91 Å². The van der Waals surface area contributed by atoms with Gasteiger partial charge in [0, 0.05) is 30.1 Å². The number of aromatic nitrogens is 1. The normalized spacial score (nSPS) is 10.3. The molecule has 3 aromatic rings. The SMILES string of the molecule is O=C(NCc1ccccc1)c1cncc(-c2ccccc2F)c1. The lowest BCUT2D eigenvalue weighted by atomic mass is 10.1. The fourth-order valence-corrected chi connectivity index (χ4v) is 2.29. The number of carbonyl (C=O) groups is 1. The van der Waals surface area contributed by atoms with Gasteiger partial charge in [-0.15, -0.1) is 0 Å². The first-order valence-electron chi connectivity index (χ1n) is 7.26. The molecule has 0 aliphatic heterocycles. The van der Waals surface area contributed by atoms with Crippen molar-refractivity contribution in [1.29, 1.82) is 0 Å². The van der Waals surface area contributed by atoms with Crippen LogP contribution in [0.15, 0.2) is 73.1 Å². The van der Waals surface area contributed by atoms with Crippen LogP contribution in [-0.4, -0.2) is 10.9 Å². The van der Waals surface area contributed by atoms with E-state index in [1.807, 2.05) is 30.3 Å². The molecule has 1 aromatic heterocycles. The number of hydrogen-bond acceptors (Lipinski definition) is 2. The maximum Gasteiger partial charge on any atom is 0.253 e. The van der Waals surface area contributed by atoms with Crippen molar-refractivity contribution < 1.29 is 9.18 Å². The van der Waals surface area contributed by atoms with Crippen molar-refractivity contribution in [3.63, 3.8) is 0 Å². The number of nitrogens with zero attached hydrogens (tertiary/aromatic N) is 1. The summed E-state index contributed by atoms with van der Waals surface area (Å²) in [5.74, 6) is -0.573. The van der Waals surface area contributed by atoms with E-state index in [2.05, 4.69) is 10.3 Å². The standard InChI is InChI=1S/C19H15FN2O/c20-18-9-5-4-8-17(18)15-10-16(13-21-12-15)19(23)22-11-14-6-2-1-3-7-14/h1-10,12-13H,11H2,(H,22,23). The van der Waals surface area contributed by atoms with Gasteiger partial charge in [-0.2, -0.15) is 0 Å². The molecule has 0 bridgehead atoms. The monoisotopic (exact) mass is 306 g/mol. The second kappa shape index (κ2) is 6.83. The Labute approximate surface area is 133 Å². The molecule has 2 aromatic carbocycles. The van der Waals surface area contributed by atoms with Crippen molar-refractivity contribution in [1.82, 2.24) is 10.3 Å². The quantitative estimate of drug-likeness (QED) is 0.796. The van der Waals surface area contributed by atoms with E-state index in [0.717, 1.165) is 5.56 Å². The van der Waals surface area contributed by atoms with E-state index in [1.165, 1.54) is 12.3 Å². The van der Waals surface area contributed by atoms with E-state index in [9.17, 15) is 9.18 Å². The Morgan fingerprint density at radius 1 is 1.00 bits per heavy atom. The van der Waals surface area contributed by atoms with Crippen LogP contribution in [0.5, 0.6) is 0 Å². The van der Waals surface area contributed by atoms with Gasteiger partial charge in [0.15, 0.2) is 0 Å². The van der Waals surface area contributed by atoms with Crippen molar-refractivity contribution in [3.05, 3.63) is 90.0 Å². The summed E-state index contributed by atoms with van der Waals surface area (Å²) in [6.45, 7) is 0.434. The van der Waals surface area contributed by atoms with Crippen LogP contribution in [0.25, 0.3) is 11.1 Å². The third kappa shape index (κ3) is 3.61. The predicted octanol–water partition coefficient (Wildman–Crippen LogP) is 3.82. The molecular weight excluding hydrogens is 291 g/mol. The molecule has 23 heavy (non-hydrogen) atoms. The Kier molecular flexibility index (Phi) is 4.43. The maximum atomic E-state index is 13.8. The number of amides is 1. The fourth-order valence-electron chi connectivity index (χ4n) is 2.29. The molecule has 0 saturated carbocycles. The minimum Gasteiger partial charge on any atom is -0.348 e. The molecule has 114 valence electrons. The summed E-state index contributed by atoms with van der Waals surface area (Å²) in [6, 6.07) is 17.7. The van der Waals surface area contributed by atoms with Gasteiger partial charge < -0.3 is 5.32 Å². The fraction of sp³-hybridized carbons (Fsp3) is 0.0526. The maximum absolute atomic E-state index is 13.8. The van der Waals surface area contributed by atoms with Crippen molar-refractivity contribution in [2.24, 2.45) is 0 Å². The zero-order valence-corrected chi connectivity index (χ0v) is 12.4. The first-order chi connectivity index (χ1) is 11.2. The summed E-state index contributed by atoms with van der Waals surface area (Å²) in [7, 11) is 0. The summed E-state index contributed by atoms with van der Waals surface area (Å²) >= 11 is 0. The molecule has 0 saturated heterocycles. The molecule has 0 spiro atoms. The molecule has 0 unspecified atom stereocenters. The molecule has 3 nitrogen and oxygen atoms in total. The molecular formula is C19H15FN2O. The smallest absolute Gasteiger partial charge is 0.253 e. The molecule has 3 rings (SSSR count). The Morgan fingerprint density at radius 3 is 2.52 bits per heavy atom. The van der Waals surface area contributed by atoms with Crippen LogP contribution in [-0.2, 0) is 6.54 Å². The second-order valence-electron chi connectivity index (χ2n) is 5.11. The van der Waals surface area contributed by atoms with E-state index in [0.29, 0.717) is 23.2 Å². The van der Waals surface area contributed by atoms with E-state index in [4.69, 9.17) is 0 Å². The highest BCUT2D eigenvalue weighted by Crippen LogP contribution is 2.22. The first-order valence-corrected chi connectivity index (χ1v) is 7.26. The minimum absolute atomic E-state index is 0.237. The largest absolute Gasteiger partial charge is 0.348 e.